The number of nitrogens with two attached hydrogens (primary N) is 1. The highest BCUT2D eigenvalue weighted by Gasteiger charge is 1.92. The molecule has 2 N–H and O–H groups in total. The molecule has 0 radical (unpaired) electrons. The molecule has 0 bridgehead atoms. The van der Waals surface area contributed by atoms with Crippen LogP contribution < -0.4 is 10.7 Å². The fraction of sp³-hybridized carbons (Fsp3) is 0.286. The first kappa shape index (κ1) is 7.02. The molecule has 0 saturated heterocycles. The summed E-state index contributed by atoms with van der Waals surface area (Å²) < 4.78 is 0. The van der Waals surface area contributed by atoms with Gasteiger partial charge in [0, 0.05) is 24.0 Å². The van der Waals surface area contributed by atoms with Crippen molar-refractivity contribution < 1.29 is 4.84 Å². The number of hydrogen-bond acceptors (Lipinski definition) is 3. The molecule has 0 aliphatic heterocycles. The van der Waals surface area contributed by atoms with Crippen molar-refractivity contribution in [3.05, 3.63) is 24.0 Å². The van der Waals surface area contributed by atoms with Gasteiger partial charge >= 0.3 is 0 Å². The van der Waals surface area contributed by atoms with Gasteiger partial charge in [0.2, 0.25) is 0 Å². The Labute approximate surface area is 59.8 Å². The van der Waals surface area contributed by atoms with Gasteiger partial charge in [0.25, 0.3) is 0 Å². The van der Waals surface area contributed by atoms with Crippen LogP contribution in [0.1, 0.15) is 12.6 Å². The van der Waals surface area contributed by atoms with Gasteiger partial charge < -0.3 is 4.84 Å². The lowest BCUT2D eigenvalue weighted by molar-refractivity contribution is 0.333. The summed E-state index contributed by atoms with van der Waals surface area (Å²) in [6, 6.07) is 3.54. The molecule has 0 saturated carbocycles. The smallest absolute Gasteiger partial charge is 0.150 e. The fourth-order valence-electron chi connectivity index (χ4n) is 0.723. The average Bonchev–Trinajstić information content (AvgIpc) is 2.05. The van der Waals surface area contributed by atoms with Crippen molar-refractivity contribution in [2.45, 2.75) is 13.3 Å². The number of aryl methyl sites for hydroxylation is 1. The van der Waals surface area contributed by atoms with Crippen LogP contribution in [0.5, 0.6) is 5.75 Å². The lowest BCUT2D eigenvalue weighted by atomic mass is 10.3. The van der Waals surface area contributed by atoms with E-state index in [1.54, 1.807) is 12.3 Å². The number of rotatable bonds is 2. The summed E-state index contributed by atoms with van der Waals surface area (Å²) in [5.41, 5.74) is 0.989. The largest absolute Gasteiger partial charge is 0.411 e. The second-order valence-corrected chi connectivity index (χ2v) is 1.95. The average molecular weight is 138 g/mol. The highest BCUT2D eigenvalue weighted by Crippen LogP contribution is 2.08. The third kappa shape index (κ3) is 1.45. The van der Waals surface area contributed by atoms with Crippen LogP contribution in [-0.2, 0) is 6.42 Å². The van der Waals surface area contributed by atoms with E-state index in [1.165, 1.54) is 0 Å². The normalized spacial score (nSPS) is 9.40. The van der Waals surface area contributed by atoms with Crippen molar-refractivity contribution >= 4 is 0 Å². The van der Waals surface area contributed by atoms with E-state index in [-0.39, 0.29) is 0 Å². The molecule has 54 valence electrons. The third-order valence-electron chi connectivity index (χ3n) is 1.29. The number of pyridine rings is 1. The molecule has 3 heteroatoms. The number of nitrogens with zero attached hydrogens (tertiary/aromatic N) is 1. The molecular weight excluding hydrogens is 128 g/mol. The van der Waals surface area contributed by atoms with Gasteiger partial charge in [-0.15, -0.1) is 0 Å². The van der Waals surface area contributed by atoms with E-state index in [1.807, 2.05) is 13.0 Å². The summed E-state index contributed by atoms with van der Waals surface area (Å²) in [5.74, 6) is 5.60. The highest BCUT2D eigenvalue weighted by molar-refractivity contribution is 5.21. The third-order valence-corrected chi connectivity index (χ3v) is 1.29. The Balaban J connectivity index is 2.87. The van der Waals surface area contributed by atoms with Gasteiger partial charge in [-0.3, -0.25) is 4.98 Å². The molecular formula is C7H10N2O. The predicted molar refractivity (Wildman–Crippen MR) is 38.4 cm³/mol. The Hall–Kier alpha value is -1.09. The maximum Gasteiger partial charge on any atom is 0.150 e. The quantitative estimate of drug-likeness (QED) is 0.617. The van der Waals surface area contributed by atoms with Gasteiger partial charge in [-0.2, -0.15) is 5.90 Å². The van der Waals surface area contributed by atoms with Crippen LogP contribution in [0.2, 0.25) is 0 Å². The van der Waals surface area contributed by atoms with Crippen molar-refractivity contribution in [1.82, 2.24) is 4.98 Å². The summed E-state index contributed by atoms with van der Waals surface area (Å²) in [7, 11) is 0. The minimum absolute atomic E-state index is 0.659. The molecule has 0 aromatic carbocycles. The van der Waals surface area contributed by atoms with E-state index >= 15 is 0 Å². The van der Waals surface area contributed by atoms with Crippen molar-refractivity contribution in [1.29, 1.82) is 0 Å². The molecule has 0 aliphatic carbocycles. The Kier molecular flexibility index (Phi) is 2.23. The van der Waals surface area contributed by atoms with Crippen molar-refractivity contribution in [3.63, 3.8) is 0 Å². The second-order valence-electron chi connectivity index (χ2n) is 1.95. The molecule has 0 spiro atoms. The molecule has 1 rings (SSSR count). The molecule has 1 aromatic heterocycles. The van der Waals surface area contributed by atoms with Gasteiger partial charge in [-0.1, -0.05) is 6.92 Å². The van der Waals surface area contributed by atoms with Crippen LogP contribution in [0.3, 0.4) is 0 Å². The molecule has 0 unspecified atom stereocenters. The van der Waals surface area contributed by atoms with Gasteiger partial charge in [0.15, 0.2) is 0 Å². The van der Waals surface area contributed by atoms with E-state index in [0.29, 0.717) is 5.75 Å². The topological polar surface area (TPSA) is 48.1 Å². The Morgan fingerprint density at radius 1 is 1.70 bits per heavy atom. The van der Waals surface area contributed by atoms with Crippen LogP contribution in [0.4, 0.5) is 0 Å². The predicted octanol–water partition coefficient (Wildman–Crippen LogP) is 0.896. The van der Waals surface area contributed by atoms with E-state index in [9.17, 15) is 0 Å². The van der Waals surface area contributed by atoms with E-state index in [2.05, 4.69) is 9.82 Å². The van der Waals surface area contributed by atoms with Gasteiger partial charge in [-0.05, 0) is 6.42 Å². The molecule has 3 nitrogen and oxygen atoms in total. The maximum atomic E-state index is 4.95. The number of hydrogen-bond donors (Lipinski definition) is 1. The van der Waals surface area contributed by atoms with Crippen LogP contribution in [-0.4, -0.2) is 4.98 Å². The minimum atomic E-state index is 0.659. The van der Waals surface area contributed by atoms with E-state index in [4.69, 9.17) is 5.90 Å². The Bertz CT molecular complexity index is 193. The lowest BCUT2D eigenvalue weighted by Gasteiger charge is -1.98. The minimum Gasteiger partial charge on any atom is -0.411 e. The molecule has 0 fully saturated rings. The first-order valence-electron chi connectivity index (χ1n) is 3.18. The van der Waals surface area contributed by atoms with E-state index < -0.39 is 0 Å². The molecule has 0 amide bonds. The summed E-state index contributed by atoms with van der Waals surface area (Å²) in [6.45, 7) is 2.03. The summed E-state index contributed by atoms with van der Waals surface area (Å²) in [4.78, 5) is 8.59. The first-order valence-corrected chi connectivity index (χ1v) is 3.18. The molecule has 0 atom stereocenters. The van der Waals surface area contributed by atoms with Crippen molar-refractivity contribution in [2.24, 2.45) is 5.90 Å². The monoisotopic (exact) mass is 138 g/mol. The summed E-state index contributed by atoms with van der Waals surface area (Å²) >= 11 is 0. The zero-order valence-corrected chi connectivity index (χ0v) is 5.87. The fourth-order valence-corrected chi connectivity index (χ4v) is 0.723. The Morgan fingerprint density at radius 2 is 2.50 bits per heavy atom. The second kappa shape index (κ2) is 3.17. The van der Waals surface area contributed by atoms with Gasteiger partial charge in [-0.25, -0.2) is 0 Å². The zero-order chi connectivity index (χ0) is 7.40. The van der Waals surface area contributed by atoms with Crippen molar-refractivity contribution in [3.8, 4) is 5.75 Å². The zero-order valence-electron chi connectivity index (χ0n) is 5.87. The maximum absolute atomic E-state index is 4.95. The summed E-state index contributed by atoms with van der Waals surface area (Å²) in [6.07, 6.45) is 2.58. The SMILES string of the molecule is CCc1cc(ON)ccn1. The van der Waals surface area contributed by atoms with Crippen molar-refractivity contribution in [2.75, 3.05) is 0 Å². The summed E-state index contributed by atoms with van der Waals surface area (Å²) in [5, 5.41) is 0. The van der Waals surface area contributed by atoms with Crippen LogP contribution in [0, 0.1) is 0 Å². The van der Waals surface area contributed by atoms with Crippen LogP contribution in [0.15, 0.2) is 18.3 Å². The molecule has 0 aliphatic rings. The molecule has 1 aromatic rings. The standard InChI is InChI=1S/C7H10N2O/c1-2-6-5-7(10-8)3-4-9-6/h3-5H,2,8H2,1H3. The van der Waals surface area contributed by atoms with Crippen LogP contribution in [0.25, 0.3) is 0 Å². The van der Waals surface area contributed by atoms with E-state index in [0.717, 1.165) is 12.1 Å². The molecule has 1 heterocycles. The van der Waals surface area contributed by atoms with Gasteiger partial charge in [0.05, 0.1) is 0 Å². The van der Waals surface area contributed by atoms with Crippen LogP contribution >= 0.6 is 0 Å². The first-order chi connectivity index (χ1) is 4.86. The number of aromatic nitrogens is 1. The van der Waals surface area contributed by atoms with Gasteiger partial charge in [0.1, 0.15) is 5.75 Å². The lowest BCUT2D eigenvalue weighted by Crippen LogP contribution is -2.02. The highest BCUT2D eigenvalue weighted by atomic mass is 16.6. The molecule has 10 heavy (non-hydrogen) atoms. The Morgan fingerprint density at radius 3 is 3.10 bits per heavy atom.